The van der Waals surface area contributed by atoms with Crippen LogP contribution >= 0.6 is 35.9 Å². The summed E-state index contributed by atoms with van der Waals surface area (Å²) in [6.45, 7) is 19.2. The van der Waals surface area contributed by atoms with Gasteiger partial charge in [0.1, 0.15) is 0 Å². The standard InChI is InChI=1S/C12H28BrP3/c1-9(2)15(10(3)4)14-16(13,11(5)6)12(7)8/h9-12H,1-8H3. The third kappa shape index (κ3) is 4.72. The van der Waals surface area contributed by atoms with Crippen LogP contribution in [0.15, 0.2) is 0 Å². The molecule has 0 radical (unpaired) electrons. The molecule has 0 atom stereocenters. The first-order chi connectivity index (χ1) is 7.12. The van der Waals surface area contributed by atoms with Crippen molar-refractivity contribution < 1.29 is 0 Å². The van der Waals surface area contributed by atoms with Crippen molar-refractivity contribution in [3.05, 3.63) is 0 Å². The molecule has 0 saturated heterocycles. The Hall–Kier alpha value is 1.64. The molecule has 0 fully saturated rings. The van der Waals surface area contributed by atoms with Crippen LogP contribution in [0.4, 0.5) is 0 Å². The number of halogens is 1. The predicted octanol–water partition coefficient (Wildman–Crippen LogP) is 7.21. The first-order valence-corrected chi connectivity index (χ1v) is 14.0. The molecule has 16 heavy (non-hydrogen) atoms. The van der Waals surface area contributed by atoms with Crippen LogP contribution in [0.5, 0.6) is 0 Å². The minimum absolute atomic E-state index is 0.143. The number of hydrogen-bond acceptors (Lipinski definition) is 0. The van der Waals surface area contributed by atoms with Crippen molar-refractivity contribution in [1.29, 1.82) is 0 Å². The SMILES string of the molecule is CC(C)P(P=P(Br)(C(C)C)C(C)C)C(C)C. The molecule has 98 valence electrons. The molecule has 0 aromatic heterocycles. The third-order valence-corrected chi connectivity index (χ3v) is 28.3. The Morgan fingerprint density at radius 3 is 1.31 bits per heavy atom. The number of hydrogen-bond donors (Lipinski definition) is 0. The van der Waals surface area contributed by atoms with Gasteiger partial charge in [-0.1, -0.05) is 78.4 Å². The zero-order valence-corrected chi connectivity index (χ0v) is 16.3. The first-order valence-electron chi connectivity index (χ1n) is 6.22. The van der Waals surface area contributed by atoms with Crippen LogP contribution in [0, 0.1) is 0 Å². The molecule has 0 unspecified atom stereocenters. The molecule has 0 aromatic carbocycles. The molecule has 0 rings (SSSR count). The Kier molecular flexibility index (Phi) is 8.03. The molecule has 0 spiro atoms. The van der Waals surface area contributed by atoms with Gasteiger partial charge < -0.3 is 0 Å². The molecule has 0 aliphatic carbocycles. The van der Waals surface area contributed by atoms with Crippen LogP contribution in [-0.2, 0) is 0 Å². The minimum Gasteiger partial charge on any atom is -0.0681 e. The largest absolute Gasteiger partial charge is 0.0681 e. The smallest absolute Gasteiger partial charge is 0.0120 e. The maximum absolute atomic E-state index is 4.17. The van der Waals surface area contributed by atoms with Gasteiger partial charge in [0.25, 0.3) is 0 Å². The summed E-state index contributed by atoms with van der Waals surface area (Å²) in [7, 11) is 1.89. The van der Waals surface area contributed by atoms with Gasteiger partial charge in [0.05, 0.1) is 0 Å². The van der Waals surface area contributed by atoms with Crippen molar-refractivity contribution in [2.24, 2.45) is 0 Å². The van der Waals surface area contributed by atoms with Crippen LogP contribution in [0.1, 0.15) is 55.4 Å². The van der Waals surface area contributed by atoms with Gasteiger partial charge >= 0.3 is 0 Å². The lowest BCUT2D eigenvalue weighted by atomic mass is 10.5. The van der Waals surface area contributed by atoms with Crippen LogP contribution in [0.25, 0.3) is 0 Å². The van der Waals surface area contributed by atoms with E-state index >= 15 is 0 Å². The molecule has 4 heteroatoms. The normalized spacial score (nSPS) is 14.1. The highest BCUT2D eigenvalue weighted by atomic mass is 79.9. The number of rotatable bonds is 5. The average Bonchev–Trinajstić information content (AvgIpc) is 2.11. The zero-order valence-electron chi connectivity index (χ0n) is 12.0. The highest BCUT2D eigenvalue weighted by Crippen LogP contribution is 2.80. The molecule has 0 amide bonds. The van der Waals surface area contributed by atoms with E-state index in [0.29, 0.717) is 0 Å². The van der Waals surface area contributed by atoms with Gasteiger partial charge in [-0.3, -0.25) is 0 Å². The molecule has 0 saturated carbocycles. The van der Waals surface area contributed by atoms with Crippen molar-refractivity contribution in [3.63, 3.8) is 0 Å². The fourth-order valence-corrected chi connectivity index (χ4v) is 23.4. The Labute approximate surface area is 114 Å². The monoisotopic (exact) mass is 344 g/mol. The van der Waals surface area contributed by atoms with Crippen molar-refractivity contribution in [3.8, 4) is 0 Å². The third-order valence-electron chi connectivity index (χ3n) is 2.75. The zero-order chi connectivity index (χ0) is 13.1. The molecule has 0 aliphatic rings. The lowest BCUT2D eigenvalue weighted by molar-refractivity contribution is 1.02. The molecular weight excluding hydrogens is 317 g/mol. The second kappa shape index (κ2) is 7.28. The highest BCUT2D eigenvalue weighted by Gasteiger charge is 2.27. The van der Waals surface area contributed by atoms with Gasteiger partial charge in [0.2, 0.25) is 0 Å². The van der Waals surface area contributed by atoms with Crippen molar-refractivity contribution >= 4 is 35.9 Å². The second-order valence-corrected chi connectivity index (χ2v) is 22.6. The summed E-state index contributed by atoms with van der Waals surface area (Å²) >= 11 is 4.17. The lowest BCUT2D eigenvalue weighted by Crippen LogP contribution is -2.03. The maximum atomic E-state index is 4.17. The van der Waals surface area contributed by atoms with Gasteiger partial charge in [-0.15, -0.1) is 0 Å². The molecule has 0 N–H and O–H groups in total. The topological polar surface area (TPSA) is 0 Å². The Morgan fingerprint density at radius 1 is 0.812 bits per heavy atom. The van der Waals surface area contributed by atoms with Gasteiger partial charge in [-0.25, -0.2) is 0 Å². The van der Waals surface area contributed by atoms with E-state index < -0.39 is 5.25 Å². The van der Waals surface area contributed by atoms with E-state index in [2.05, 4.69) is 70.9 Å². The highest BCUT2D eigenvalue weighted by molar-refractivity contribution is 9.44. The molecule has 0 aromatic rings. The summed E-state index contributed by atoms with van der Waals surface area (Å²) < 4.78 is 0. The van der Waals surface area contributed by atoms with Crippen LogP contribution in [0.2, 0.25) is 0 Å². The Morgan fingerprint density at radius 2 is 1.12 bits per heavy atom. The lowest BCUT2D eigenvalue weighted by Gasteiger charge is -2.32. The van der Waals surface area contributed by atoms with Crippen LogP contribution < -0.4 is 0 Å². The van der Waals surface area contributed by atoms with E-state index in [1.165, 1.54) is 0 Å². The van der Waals surface area contributed by atoms with E-state index in [-0.39, 0.29) is 7.61 Å². The van der Waals surface area contributed by atoms with E-state index in [1.54, 1.807) is 7.56 Å². The summed E-state index contributed by atoms with van der Waals surface area (Å²) in [4.78, 5) is 0. The quantitative estimate of drug-likeness (QED) is 0.462. The second-order valence-electron chi connectivity index (χ2n) is 5.50. The Bertz CT molecular complexity index is 237. The van der Waals surface area contributed by atoms with Crippen molar-refractivity contribution in [2.45, 2.75) is 78.0 Å². The average molecular weight is 345 g/mol. The summed E-state index contributed by atoms with van der Waals surface area (Å²) in [5.74, 6) is 0. The van der Waals surface area contributed by atoms with E-state index in [0.717, 1.165) is 22.6 Å². The van der Waals surface area contributed by atoms with Crippen molar-refractivity contribution in [1.82, 2.24) is 0 Å². The fourth-order valence-electron chi connectivity index (χ4n) is 1.76. The minimum atomic E-state index is -0.964. The first kappa shape index (κ1) is 17.6. The maximum Gasteiger partial charge on any atom is -0.0120 e. The van der Waals surface area contributed by atoms with Crippen LogP contribution in [0.3, 0.4) is 0 Å². The predicted molar refractivity (Wildman–Crippen MR) is 90.2 cm³/mol. The van der Waals surface area contributed by atoms with E-state index in [1.807, 2.05) is 0 Å². The molecule has 0 aliphatic heterocycles. The summed E-state index contributed by atoms with van der Waals surface area (Å²) in [6, 6.07) is 0. The fraction of sp³-hybridized carbons (Fsp3) is 1.00. The molecule has 0 heterocycles. The van der Waals surface area contributed by atoms with Gasteiger partial charge in [-0.2, -0.15) is 0 Å². The summed E-state index contributed by atoms with van der Waals surface area (Å²) in [5.41, 5.74) is 3.31. The van der Waals surface area contributed by atoms with Crippen LogP contribution in [-0.4, -0.2) is 22.6 Å². The molecule has 0 bridgehead atoms. The van der Waals surface area contributed by atoms with Gasteiger partial charge in [-0.05, 0) is 35.5 Å². The van der Waals surface area contributed by atoms with Gasteiger partial charge in [0.15, 0.2) is 0 Å². The van der Waals surface area contributed by atoms with Crippen molar-refractivity contribution in [2.75, 3.05) is 0 Å². The summed E-state index contributed by atoms with van der Waals surface area (Å²) in [6.07, 6.45) is 0. The van der Waals surface area contributed by atoms with E-state index in [9.17, 15) is 0 Å². The van der Waals surface area contributed by atoms with Gasteiger partial charge in [0, 0.05) is 0 Å². The Balaban J connectivity index is 5.33. The molecule has 0 nitrogen and oxygen atoms in total. The molecular formula is C12H28BrP3. The van der Waals surface area contributed by atoms with E-state index in [4.69, 9.17) is 0 Å². The summed E-state index contributed by atoms with van der Waals surface area (Å²) in [5, 5.41) is -0.964.